The summed E-state index contributed by atoms with van der Waals surface area (Å²) in [6.07, 6.45) is 0. The number of hydrogen-bond acceptors (Lipinski definition) is 2. The van der Waals surface area contributed by atoms with Crippen molar-refractivity contribution in [3.05, 3.63) is 29.8 Å². The van der Waals surface area contributed by atoms with Gasteiger partial charge in [-0.2, -0.15) is 0 Å². The number of rotatable bonds is 6. The summed E-state index contributed by atoms with van der Waals surface area (Å²) in [6, 6.07) is 7.80. The smallest absolute Gasteiger partial charge is 0.119 e. The van der Waals surface area contributed by atoms with Crippen LogP contribution in [0.1, 0.15) is 12.5 Å². The van der Waals surface area contributed by atoms with Gasteiger partial charge >= 0.3 is 0 Å². The van der Waals surface area contributed by atoms with Gasteiger partial charge in [-0.05, 0) is 24.6 Å². The molecule has 1 N–H and O–H groups in total. The number of benzene rings is 1. The number of halogens is 2. The lowest BCUT2D eigenvalue weighted by molar-refractivity contribution is 0.413. The summed E-state index contributed by atoms with van der Waals surface area (Å²) in [6.45, 7) is 3.41. The molecule has 0 aromatic heterocycles. The summed E-state index contributed by atoms with van der Waals surface area (Å²) in [5, 5.41) is 3.21. The van der Waals surface area contributed by atoms with Gasteiger partial charge in [0.25, 0.3) is 0 Å². The van der Waals surface area contributed by atoms with Crippen LogP contribution < -0.4 is 10.1 Å². The van der Waals surface area contributed by atoms with Gasteiger partial charge in [0.05, 0.1) is 12.0 Å². The minimum Gasteiger partial charge on any atom is -0.497 e. The molecule has 0 aliphatic rings. The SMILES string of the molecule is COc1cccc(C(C)(Cl)CNCCCl)c1. The summed E-state index contributed by atoms with van der Waals surface area (Å²) in [7, 11) is 1.65. The van der Waals surface area contributed by atoms with Crippen molar-refractivity contribution in [3.63, 3.8) is 0 Å². The van der Waals surface area contributed by atoms with E-state index in [0.717, 1.165) is 17.9 Å². The lowest BCUT2D eigenvalue weighted by Crippen LogP contribution is -2.32. The second kappa shape index (κ2) is 6.33. The number of hydrogen-bond donors (Lipinski definition) is 1. The van der Waals surface area contributed by atoms with Gasteiger partial charge in [0.1, 0.15) is 5.75 Å². The number of methoxy groups -OCH3 is 1. The van der Waals surface area contributed by atoms with Crippen LogP contribution in [-0.4, -0.2) is 26.1 Å². The number of alkyl halides is 2. The molecule has 0 bridgehead atoms. The summed E-state index contributed by atoms with van der Waals surface area (Å²) < 4.78 is 5.18. The van der Waals surface area contributed by atoms with Crippen molar-refractivity contribution in [2.45, 2.75) is 11.8 Å². The molecule has 1 atom stereocenters. The molecule has 90 valence electrons. The largest absolute Gasteiger partial charge is 0.497 e. The lowest BCUT2D eigenvalue weighted by Gasteiger charge is -2.23. The molecular weight excluding hydrogens is 245 g/mol. The van der Waals surface area contributed by atoms with E-state index in [1.807, 2.05) is 31.2 Å². The van der Waals surface area contributed by atoms with Crippen molar-refractivity contribution in [1.82, 2.24) is 5.32 Å². The van der Waals surface area contributed by atoms with Crippen molar-refractivity contribution < 1.29 is 4.74 Å². The monoisotopic (exact) mass is 261 g/mol. The van der Waals surface area contributed by atoms with Gasteiger partial charge in [-0.25, -0.2) is 0 Å². The van der Waals surface area contributed by atoms with Gasteiger partial charge in [0.15, 0.2) is 0 Å². The third kappa shape index (κ3) is 3.85. The van der Waals surface area contributed by atoms with Gasteiger partial charge in [-0.1, -0.05) is 12.1 Å². The van der Waals surface area contributed by atoms with Crippen molar-refractivity contribution >= 4 is 23.2 Å². The molecule has 2 nitrogen and oxygen atoms in total. The highest BCUT2D eigenvalue weighted by Crippen LogP contribution is 2.30. The van der Waals surface area contributed by atoms with E-state index in [0.29, 0.717) is 12.4 Å². The Kier molecular flexibility index (Phi) is 5.39. The molecule has 4 heteroatoms. The molecular formula is C12H17Cl2NO. The fourth-order valence-corrected chi connectivity index (χ4v) is 1.78. The summed E-state index contributed by atoms with van der Waals surface area (Å²) in [5.41, 5.74) is 1.04. The molecule has 0 amide bonds. The predicted molar refractivity (Wildman–Crippen MR) is 69.8 cm³/mol. The van der Waals surface area contributed by atoms with Crippen molar-refractivity contribution in [2.75, 3.05) is 26.1 Å². The van der Waals surface area contributed by atoms with Crippen LogP contribution in [0.2, 0.25) is 0 Å². The molecule has 1 aromatic rings. The Labute approximate surface area is 107 Å². The molecule has 16 heavy (non-hydrogen) atoms. The third-order valence-electron chi connectivity index (χ3n) is 2.40. The Balaban J connectivity index is 2.72. The summed E-state index contributed by atoms with van der Waals surface area (Å²) in [5.74, 6) is 1.41. The van der Waals surface area contributed by atoms with E-state index in [9.17, 15) is 0 Å². The first kappa shape index (κ1) is 13.6. The second-order valence-corrected chi connectivity index (χ2v) is 5.01. The van der Waals surface area contributed by atoms with Crippen LogP contribution in [0.4, 0.5) is 0 Å². The molecule has 1 rings (SSSR count). The van der Waals surface area contributed by atoms with Crippen LogP contribution in [0.15, 0.2) is 24.3 Å². The first-order valence-electron chi connectivity index (χ1n) is 5.20. The van der Waals surface area contributed by atoms with Crippen LogP contribution in [0, 0.1) is 0 Å². The zero-order valence-corrected chi connectivity index (χ0v) is 11.1. The van der Waals surface area contributed by atoms with Gasteiger partial charge in [0, 0.05) is 19.0 Å². The molecule has 1 unspecified atom stereocenters. The summed E-state index contributed by atoms with van der Waals surface area (Å²) >= 11 is 12.1. The Morgan fingerprint density at radius 2 is 2.19 bits per heavy atom. The molecule has 0 saturated carbocycles. The van der Waals surface area contributed by atoms with Crippen molar-refractivity contribution in [3.8, 4) is 5.75 Å². The highest BCUT2D eigenvalue weighted by Gasteiger charge is 2.23. The average Bonchev–Trinajstić information content (AvgIpc) is 2.29. The van der Waals surface area contributed by atoms with E-state index >= 15 is 0 Å². The maximum atomic E-state index is 6.47. The molecule has 0 aliphatic carbocycles. The summed E-state index contributed by atoms with van der Waals surface area (Å²) in [4.78, 5) is -0.444. The van der Waals surface area contributed by atoms with Gasteiger partial charge in [0.2, 0.25) is 0 Å². The number of nitrogens with one attached hydrogen (secondary N) is 1. The highest BCUT2D eigenvalue weighted by molar-refractivity contribution is 6.24. The quantitative estimate of drug-likeness (QED) is 0.628. The first-order chi connectivity index (χ1) is 7.60. The van der Waals surface area contributed by atoms with E-state index in [1.54, 1.807) is 7.11 Å². The second-order valence-electron chi connectivity index (χ2n) is 3.80. The molecule has 0 saturated heterocycles. The van der Waals surface area contributed by atoms with E-state index in [2.05, 4.69) is 5.32 Å². The van der Waals surface area contributed by atoms with Crippen LogP contribution in [0.5, 0.6) is 5.75 Å². The van der Waals surface area contributed by atoms with Crippen LogP contribution in [0.3, 0.4) is 0 Å². The molecule has 0 radical (unpaired) electrons. The maximum Gasteiger partial charge on any atom is 0.119 e. The Morgan fingerprint density at radius 1 is 1.44 bits per heavy atom. The van der Waals surface area contributed by atoms with Crippen LogP contribution >= 0.6 is 23.2 Å². The number of ether oxygens (including phenoxy) is 1. The van der Waals surface area contributed by atoms with Crippen molar-refractivity contribution in [2.24, 2.45) is 0 Å². The fraction of sp³-hybridized carbons (Fsp3) is 0.500. The fourth-order valence-electron chi connectivity index (χ4n) is 1.44. The van der Waals surface area contributed by atoms with E-state index in [-0.39, 0.29) is 0 Å². The molecule has 0 spiro atoms. The zero-order chi connectivity index (χ0) is 12.0. The first-order valence-corrected chi connectivity index (χ1v) is 6.11. The van der Waals surface area contributed by atoms with Crippen LogP contribution in [0.25, 0.3) is 0 Å². The maximum absolute atomic E-state index is 6.47. The van der Waals surface area contributed by atoms with E-state index in [1.165, 1.54) is 0 Å². The lowest BCUT2D eigenvalue weighted by atomic mass is 10.00. The third-order valence-corrected chi connectivity index (χ3v) is 2.94. The normalized spacial score (nSPS) is 14.5. The predicted octanol–water partition coefficient (Wildman–Crippen LogP) is 2.98. The van der Waals surface area contributed by atoms with Crippen LogP contribution in [-0.2, 0) is 4.87 Å². The Hall–Kier alpha value is -0.440. The average molecular weight is 262 g/mol. The van der Waals surface area contributed by atoms with Gasteiger partial charge < -0.3 is 10.1 Å². The standard InChI is InChI=1S/C12H17Cl2NO/c1-12(14,9-15-7-6-13)10-4-3-5-11(8-10)16-2/h3-5,8,15H,6-7,9H2,1-2H3. The zero-order valence-electron chi connectivity index (χ0n) is 9.59. The van der Waals surface area contributed by atoms with Crippen molar-refractivity contribution in [1.29, 1.82) is 0 Å². The molecule has 1 aromatic carbocycles. The van der Waals surface area contributed by atoms with E-state index < -0.39 is 4.87 Å². The molecule has 0 aliphatic heterocycles. The van der Waals surface area contributed by atoms with E-state index in [4.69, 9.17) is 27.9 Å². The Morgan fingerprint density at radius 3 is 2.81 bits per heavy atom. The topological polar surface area (TPSA) is 21.3 Å². The van der Waals surface area contributed by atoms with Gasteiger partial charge in [-0.15, -0.1) is 23.2 Å². The molecule has 0 heterocycles. The minimum absolute atomic E-state index is 0.444. The highest BCUT2D eigenvalue weighted by atomic mass is 35.5. The van der Waals surface area contributed by atoms with Gasteiger partial charge in [-0.3, -0.25) is 0 Å². The molecule has 0 fully saturated rings. The minimum atomic E-state index is -0.444. The Bertz CT molecular complexity index is 329.